The second-order valence-corrected chi connectivity index (χ2v) is 7.77. The summed E-state index contributed by atoms with van der Waals surface area (Å²) in [6, 6.07) is 12.0. The number of methoxy groups -OCH3 is 1. The van der Waals surface area contributed by atoms with Gasteiger partial charge >= 0.3 is 12.1 Å². The van der Waals surface area contributed by atoms with Crippen molar-refractivity contribution in [2.75, 3.05) is 7.11 Å². The number of carbonyl (C=O) groups is 1. The summed E-state index contributed by atoms with van der Waals surface area (Å²) in [6.07, 6.45) is -3.37. The van der Waals surface area contributed by atoms with Crippen LogP contribution >= 0.6 is 11.3 Å². The Morgan fingerprint density at radius 2 is 1.85 bits per heavy atom. The molecule has 0 spiro atoms. The van der Waals surface area contributed by atoms with Crippen LogP contribution in [0.2, 0.25) is 0 Å². The number of pyridine rings is 1. The molecule has 0 amide bonds. The van der Waals surface area contributed by atoms with Gasteiger partial charge in [-0.2, -0.15) is 13.2 Å². The van der Waals surface area contributed by atoms with Crippen LogP contribution in [-0.4, -0.2) is 29.0 Å². The number of carbonyl (C=O) groups excluding carboxylic acids is 1. The van der Waals surface area contributed by atoms with Crippen molar-refractivity contribution in [2.24, 2.45) is 4.99 Å². The molecule has 2 aromatic heterocycles. The van der Waals surface area contributed by atoms with Crippen molar-refractivity contribution in [3.63, 3.8) is 0 Å². The van der Waals surface area contributed by atoms with E-state index in [0.717, 1.165) is 34.1 Å². The van der Waals surface area contributed by atoms with Crippen LogP contribution in [0.15, 0.2) is 69.8 Å². The van der Waals surface area contributed by atoms with E-state index < -0.39 is 29.1 Å². The van der Waals surface area contributed by atoms with Gasteiger partial charge in [0.25, 0.3) is 5.56 Å². The van der Waals surface area contributed by atoms with Crippen LogP contribution < -0.4 is 5.56 Å². The number of nitrogens with zero attached hydrogens (tertiary/aromatic N) is 2. The number of ether oxygens (including phenoxy) is 1. The highest BCUT2D eigenvalue weighted by Gasteiger charge is 2.31. The molecule has 0 aliphatic heterocycles. The number of rotatable bonds is 4. The maximum absolute atomic E-state index is 13.2. The van der Waals surface area contributed by atoms with Crippen LogP contribution in [0.25, 0.3) is 16.5 Å². The predicted molar refractivity (Wildman–Crippen MR) is 119 cm³/mol. The highest BCUT2D eigenvalue weighted by molar-refractivity contribution is 7.12. The van der Waals surface area contributed by atoms with E-state index in [1.807, 2.05) is 0 Å². The van der Waals surface area contributed by atoms with E-state index in [4.69, 9.17) is 4.74 Å². The summed E-state index contributed by atoms with van der Waals surface area (Å²) in [7, 11) is 1.24. The molecule has 1 N–H and O–H groups in total. The predicted octanol–water partition coefficient (Wildman–Crippen LogP) is 5.31. The molecular formula is C23H15F3N2O4S. The van der Waals surface area contributed by atoms with Crippen molar-refractivity contribution in [2.45, 2.75) is 6.18 Å². The Balaban J connectivity index is 1.95. The molecule has 168 valence electrons. The molecule has 4 aromatic rings. The molecule has 0 aliphatic carbocycles. The van der Waals surface area contributed by atoms with Crippen LogP contribution in [0.1, 0.15) is 20.8 Å². The van der Waals surface area contributed by atoms with Gasteiger partial charge in [0.1, 0.15) is 4.88 Å². The molecule has 0 bridgehead atoms. The van der Waals surface area contributed by atoms with Crippen LogP contribution in [0.4, 0.5) is 18.9 Å². The smallest absolute Gasteiger partial charge is 0.416 e. The molecular weight excluding hydrogens is 457 g/mol. The van der Waals surface area contributed by atoms with E-state index >= 15 is 0 Å². The van der Waals surface area contributed by atoms with E-state index in [0.29, 0.717) is 5.39 Å². The van der Waals surface area contributed by atoms with E-state index in [-0.39, 0.29) is 27.2 Å². The molecule has 0 unspecified atom stereocenters. The first-order valence-electron chi connectivity index (χ1n) is 9.46. The number of alkyl halides is 3. The van der Waals surface area contributed by atoms with Gasteiger partial charge in [-0.25, -0.2) is 9.36 Å². The molecule has 4 rings (SSSR count). The highest BCUT2D eigenvalue weighted by atomic mass is 32.1. The lowest BCUT2D eigenvalue weighted by Crippen LogP contribution is -2.20. The lowest BCUT2D eigenvalue weighted by Gasteiger charge is -2.15. The van der Waals surface area contributed by atoms with Gasteiger partial charge in [-0.05, 0) is 35.7 Å². The van der Waals surface area contributed by atoms with E-state index in [1.165, 1.54) is 25.5 Å². The zero-order valence-electron chi connectivity index (χ0n) is 17.0. The first kappa shape index (κ1) is 22.3. The summed E-state index contributed by atoms with van der Waals surface area (Å²) in [5.41, 5.74) is -1.42. The highest BCUT2D eigenvalue weighted by Crippen LogP contribution is 2.33. The molecule has 0 aliphatic rings. The van der Waals surface area contributed by atoms with Crippen LogP contribution in [0.5, 0.6) is 5.88 Å². The van der Waals surface area contributed by atoms with E-state index in [2.05, 4.69) is 4.99 Å². The average molecular weight is 472 g/mol. The molecule has 0 radical (unpaired) electrons. The number of fused-ring (bicyclic) bond motifs is 1. The number of esters is 1. The molecule has 6 nitrogen and oxygen atoms in total. The fourth-order valence-corrected chi connectivity index (χ4v) is 4.09. The summed E-state index contributed by atoms with van der Waals surface area (Å²) in [6.45, 7) is 0. The topological polar surface area (TPSA) is 80.9 Å². The monoisotopic (exact) mass is 472 g/mol. The van der Waals surface area contributed by atoms with Crippen molar-refractivity contribution in [3.8, 4) is 11.6 Å². The zero-order chi connectivity index (χ0) is 23.8. The minimum atomic E-state index is -4.63. The third kappa shape index (κ3) is 4.12. The van der Waals surface area contributed by atoms with Crippen LogP contribution in [-0.2, 0) is 10.9 Å². The van der Waals surface area contributed by atoms with E-state index in [1.54, 1.807) is 29.6 Å². The van der Waals surface area contributed by atoms with Crippen molar-refractivity contribution in [1.82, 2.24) is 4.57 Å². The Hall–Kier alpha value is -3.92. The van der Waals surface area contributed by atoms with Gasteiger partial charge in [-0.3, -0.25) is 9.79 Å². The second kappa shape index (κ2) is 8.55. The van der Waals surface area contributed by atoms with Crippen LogP contribution in [0.3, 0.4) is 0 Å². The average Bonchev–Trinajstić information content (AvgIpc) is 3.27. The summed E-state index contributed by atoms with van der Waals surface area (Å²) >= 11 is 1.12. The molecule has 0 saturated carbocycles. The lowest BCUT2D eigenvalue weighted by molar-refractivity contribution is -0.137. The second-order valence-electron chi connectivity index (χ2n) is 6.86. The Morgan fingerprint density at radius 1 is 1.12 bits per heavy atom. The normalized spacial score (nSPS) is 11.9. The maximum atomic E-state index is 13.2. The summed E-state index contributed by atoms with van der Waals surface area (Å²) in [4.78, 5) is 29.5. The van der Waals surface area contributed by atoms with Gasteiger partial charge in [0.15, 0.2) is 0 Å². The quantitative estimate of drug-likeness (QED) is 0.322. The number of hydrogen-bond donors (Lipinski definition) is 1. The number of aliphatic imine (C=N–C) groups is 1. The van der Waals surface area contributed by atoms with Gasteiger partial charge in [-0.15, -0.1) is 11.3 Å². The largest absolute Gasteiger partial charge is 0.494 e. The Bertz CT molecular complexity index is 1450. The maximum Gasteiger partial charge on any atom is 0.416 e. The van der Waals surface area contributed by atoms with Crippen molar-refractivity contribution < 1.29 is 27.8 Å². The van der Waals surface area contributed by atoms with Gasteiger partial charge in [0, 0.05) is 17.0 Å². The van der Waals surface area contributed by atoms with Crippen molar-refractivity contribution in [1.29, 1.82) is 0 Å². The zero-order valence-corrected chi connectivity index (χ0v) is 17.8. The molecule has 2 heterocycles. The Morgan fingerprint density at radius 3 is 2.55 bits per heavy atom. The van der Waals surface area contributed by atoms with Crippen molar-refractivity contribution in [3.05, 3.63) is 86.3 Å². The van der Waals surface area contributed by atoms with Crippen LogP contribution in [0, 0.1) is 0 Å². The SMILES string of the molecule is COC(=O)c1sccc1N=Cc1c(O)n(-c2cccc(C(F)(F)F)c2)c(=O)c2ccccc12. The van der Waals surface area contributed by atoms with Gasteiger partial charge < -0.3 is 9.84 Å². The lowest BCUT2D eigenvalue weighted by atomic mass is 10.1. The van der Waals surface area contributed by atoms with Gasteiger partial charge in [0.05, 0.1) is 29.6 Å². The molecule has 0 fully saturated rings. The summed E-state index contributed by atoms with van der Waals surface area (Å²) < 4.78 is 45.2. The van der Waals surface area contributed by atoms with Gasteiger partial charge in [-0.1, -0.05) is 24.3 Å². The van der Waals surface area contributed by atoms with Gasteiger partial charge in [0.2, 0.25) is 5.88 Å². The molecule has 0 saturated heterocycles. The number of hydrogen-bond acceptors (Lipinski definition) is 6. The summed E-state index contributed by atoms with van der Waals surface area (Å²) in [5.74, 6) is -1.17. The first-order chi connectivity index (χ1) is 15.7. The Labute approximate surface area is 188 Å². The number of benzene rings is 2. The van der Waals surface area contributed by atoms with E-state index in [9.17, 15) is 27.9 Å². The summed E-state index contributed by atoms with van der Waals surface area (Å²) in [5, 5.41) is 13.1. The minimum absolute atomic E-state index is 0.102. The number of halogens is 3. The standard InChI is InChI=1S/C23H15F3N2O4S/c1-32-22(31)19-18(9-10-33-19)27-12-17-15-7-2-3-8-16(15)20(29)28(21(17)30)14-6-4-5-13(11-14)23(24,25)26/h2-12,30H,1H3. The number of thiophene rings is 1. The first-order valence-corrected chi connectivity index (χ1v) is 10.3. The minimum Gasteiger partial charge on any atom is -0.494 e. The fraction of sp³-hybridized carbons (Fsp3) is 0.0870. The fourth-order valence-electron chi connectivity index (χ4n) is 3.33. The molecule has 10 heteroatoms. The van der Waals surface area contributed by atoms with Crippen molar-refractivity contribution >= 4 is 40.0 Å². The molecule has 0 atom stereocenters. The molecule has 2 aromatic carbocycles. The third-order valence-corrected chi connectivity index (χ3v) is 5.77. The third-order valence-electron chi connectivity index (χ3n) is 4.88. The Kier molecular flexibility index (Phi) is 5.77. The number of aromatic nitrogens is 1. The number of aromatic hydroxyl groups is 1. The molecule has 33 heavy (non-hydrogen) atoms.